The van der Waals surface area contributed by atoms with E-state index in [2.05, 4.69) is 36.6 Å². The van der Waals surface area contributed by atoms with Gasteiger partial charge in [-0.3, -0.25) is 0 Å². The Hall–Kier alpha value is -1.97. The second-order valence-electron chi connectivity index (χ2n) is 7.86. The lowest BCUT2D eigenvalue weighted by atomic mass is 9.61. The van der Waals surface area contributed by atoms with Crippen LogP contribution in [-0.4, -0.2) is 54.3 Å². The fourth-order valence-electron chi connectivity index (χ4n) is 4.15. The van der Waals surface area contributed by atoms with Crippen molar-refractivity contribution in [2.45, 2.75) is 58.7 Å². The molecule has 0 radical (unpaired) electrons. The van der Waals surface area contributed by atoms with Gasteiger partial charge in [0, 0.05) is 7.11 Å². The maximum atomic E-state index is 11.7. The minimum atomic E-state index is -1.53. The monoisotopic (exact) mass is 390 g/mol. The summed E-state index contributed by atoms with van der Waals surface area (Å²) in [5.74, 6) is 5.05. The van der Waals surface area contributed by atoms with E-state index in [-0.39, 0.29) is 30.8 Å². The lowest BCUT2D eigenvalue weighted by Crippen LogP contribution is -2.42. The third kappa shape index (κ3) is 5.09. The van der Waals surface area contributed by atoms with Gasteiger partial charge in [0.25, 0.3) is 0 Å². The van der Waals surface area contributed by atoms with Gasteiger partial charge in [0.2, 0.25) is 6.10 Å². The van der Waals surface area contributed by atoms with Crippen LogP contribution in [0.4, 0.5) is 0 Å². The number of fused-ring (bicyclic) bond motifs is 1. The van der Waals surface area contributed by atoms with Gasteiger partial charge in [-0.05, 0) is 49.5 Å². The number of allylic oxidation sites excluding steroid dienone is 1. The molecule has 0 heterocycles. The number of hydrogen-bond acceptors (Lipinski definition) is 5. The molecule has 1 unspecified atom stereocenters. The third-order valence-corrected chi connectivity index (χ3v) is 5.60. The average Bonchev–Trinajstić information content (AvgIpc) is 2.65. The fourth-order valence-corrected chi connectivity index (χ4v) is 4.15. The van der Waals surface area contributed by atoms with Crippen molar-refractivity contribution in [1.29, 1.82) is 0 Å². The molecular formula is C21H30N2O5. The van der Waals surface area contributed by atoms with Gasteiger partial charge >= 0.3 is 11.7 Å². The fraction of sp³-hybridized carbons (Fsp3) is 0.714. The van der Waals surface area contributed by atoms with Crippen LogP contribution < -0.4 is 0 Å². The Labute approximate surface area is 166 Å². The largest absolute Gasteiger partial charge is 0.457 e. The highest BCUT2D eigenvalue weighted by Gasteiger charge is 2.43. The molecule has 0 aromatic heterocycles. The average molecular weight is 390 g/mol. The maximum absolute atomic E-state index is 11.7. The summed E-state index contributed by atoms with van der Waals surface area (Å²) in [6.07, 6.45) is 4.43. The van der Waals surface area contributed by atoms with Crippen molar-refractivity contribution >= 4 is 11.7 Å². The standard InChI is InChI=1S/C21H30N2O5/c1-5-27-20(25)18(23-22)17(24)11-9-14-8-10-16-15(19(14)28-13-26-4)7-6-12-21(16,2)3/h7,14,16-17,19,24H,5-6,8,10,12-13H2,1-4H3/t14-,16+,17?,19-/m1/s1. The second-order valence-corrected chi connectivity index (χ2v) is 7.86. The van der Waals surface area contributed by atoms with Crippen molar-refractivity contribution in [3.8, 4) is 11.8 Å². The molecule has 1 saturated carbocycles. The summed E-state index contributed by atoms with van der Waals surface area (Å²) in [5.41, 5.74) is 9.95. The van der Waals surface area contributed by atoms with Gasteiger partial charge in [-0.25, -0.2) is 4.79 Å². The Kier molecular flexibility index (Phi) is 7.97. The van der Waals surface area contributed by atoms with Crippen molar-refractivity contribution in [3.05, 3.63) is 17.2 Å². The zero-order chi connectivity index (χ0) is 20.7. The first kappa shape index (κ1) is 22.3. The number of esters is 1. The third-order valence-electron chi connectivity index (χ3n) is 5.60. The van der Waals surface area contributed by atoms with Crippen LogP contribution in [0.3, 0.4) is 0 Å². The van der Waals surface area contributed by atoms with Gasteiger partial charge in [0.15, 0.2) is 0 Å². The first-order chi connectivity index (χ1) is 13.4. The Balaban J connectivity index is 2.23. The van der Waals surface area contributed by atoms with Gasteiger partial charge in [-0.15, -0.1) is 0 Å². The Morgan fingerprint density at radius 3 is 2.86 bits per heavy atom. The molecule has 7 nitrogen and oxygen atoms in total. The van der Waals surface area contributed by atoms with E-state index in [4.69, 9.17) is 19.7 Å². The van der Waals surface area contributed by atoms with Crippen LogP contribution in [0.15, 0.2) is 11.6 Å². The molecule has 0 aromatic rings. The van der Waals surface area contributed by atoms with Crippen LogP contribution in [0.25, 0.3) is 5.53 Å². The number of nitrogens with zero attached hydrogens (tertiary/aromatic N) is 2. The lowest BCUT2D eigenvalue weighted by molar-refractivity contribution is -0.140. The van der Waals surface area contributed by atoms with Crippen molar-refractivity contribution in [2.24, 2.45) is 17.3 Å². The number of rotatable bonds is 6. The molecule has 0 saturated heterocycles. The number of aliphatic hydroxyl groups is 1. The molecule has 2 aliphatic rings. The topological polar surface area (TPSA) is 101 Å². The summed E-state index contributed by atoms with van der Waals surface area (Å²) in [6.45, 7) is 6.47. The van der Waals surface area contributed by atoms with E-state index in [1.54, 1.807) is 14.0 Å². The number of carbonyl (C=O) groups is 1. The van der Waals surface area contributed by atoms with Crippen molar-refractivity contribution in [3.63, 3.8) is 0 Å². The molecular weight excluding hydrogens is 360 g/mol. The molecule has 1 fully saturated rings. The van der Waals surface area contributed by atoms with E-state index in [9.17, 15) is 9.90 Å². The molecule has 2 aliphatic carbocycles. The smallest absolute Gasteiger partial charge is 0.421 e. The normalized spacial score (nSPS) is 26.6. The van der Waals surface area contributed by atoms with Crippen LogP contribution >= 0.6 is 0 Å². The highest BCUT2D eigenvalue weighted by atomic mass is 16.7. The molecule has 0 bridgehead atoms. The van der Waals surface area contributed by atoms with Crippen LogP contribution in [0, 0.1) is 29.1 Å². The second kappa shape index (κ2) is 9.99. The van der Waals surface area contributed by atoms with E-state index >= 15 is 0 Å². The van der Waals surface area contributed by atoms with Gasteiger partial charge < -0.3 is 24.8 Å². The first-order valence-corrected chi connectivity index (χ1v) is 9.74. The molecule has 4 atom stereocenters. The van der Waals surface area contributed by atoms with Crippen LogP contribution in [0.5, 0.6) is 0 Å². The Bertz CT molecular complexity index is 712. The molecule has 154 valence electrons. The van der Waals surface area contributed by atoms with Crippen LogP contribution in [0.2, 0.25) is 0 Å². The summed E-state index contributed by atoms with van der Waals surface area (Å²) < 4.78 is 15.8. The summed E-state index contributed by atoms with van der Waals surface area (Å²) in [7, 11) is 1.58. The summed E-state index contributed by atoms with van der Waals surface area (Å²) in [6, 6.07) is 0. The van der Waals surface area contributed by atoms with E-state index < -0.39 is 17.8 Å². The Morgan fingerprint density at radius 2 is 2.21 bits per heavy atom. The van der Waals surface area contributed by atoms with E-state index in [1.165, 1.54) is 5.57 Å². The molecule has 0 spiro atoms. The maximum Gasteiger partial charge on any atom is 0.421 e. The minimum Gasteiger partial charge on any atom is -0.457 e. The lowest BCUT2D eigenvalue weighted by Gasteiger charge is -2.46. The van der Waals surface area contributed by atoms with Gasteiger partial charge in [0.1, 0.15) is 6.79 Å². The van der Waals surface area contributed by atoms with Crippen molar-refractivity contribution < 1.29 is 28.9 Å². The summed E-state index contributed by atoms with van der Waals surface area (Å²) >= 11 is 0. The molecule has 2 rings (SSSR count). The molecule has 1 N–H and O–H groups in total. The van der Waals surface area contributed by atoms with Gasteiger partial charge in [0.05, 0.1) is 18.6 Å². The minimum absolute atomic E-state index is 0.110. The SMILES string of the molecule is CCOC(=O)C(=[N+]=[N-])C(O)C#C[C@H]1CC[C@H]2C(=CCCC2(C)C)[C@@H]1OCOC. The first-order valence-electron chi connectivity index (χ1n) is 9.74. The number of aliphatic hydroxyl groups excluding tert-OH is 1. The summed E-state index contributed by atoms with van der Waals surface area (Å²) in [5, 5.41) is 10.2. The molecule has 0 amide bonds. The van der Waals surface area contributed by atoms with Gasteiger partial charge in [-0.2, -0.15) is 4.79 Å². The van der Waals surface area contributed by atoms with Crippen molar-refractivity contribution in [1.82, 2.24) is 0 Å². The molecule has 0 aliphatic heterocycles. The molecule has 7 heteroatoms. The van der Waals surface area contributed by atoms with E-state index in [0.717, 1.165) is 25.7 Å². The van der Waals surface area contributed by atoms with Crippen molar-refractivity contribution in [2.75, 3.05) is 20.5 Å². The summed E-state index contributed by atoms with van der Waals surface area (Å²) in [4.78, 5) is 14.6. The predicted octanol–water partition coefficient (Wildman–Crippen LogP) is 2.35. The number of ether oxygens (including phenoxy) is 3. The quantitative estimate of drug-likeness (QED) is 0.143. The van der Waals surface area contributed by atoms with E-state index in [0.29, 0.717) is 5.92 Å². The number of carbonyl (C=O) groups excluding carboxylic acids is 1. The Morgan fingerprint density at radius 1 is 1.46 bits per heavy atom. The zero-order valence-electron chi connectivity index (χ0n) is 17.1. The van der Waals surface area contributed by atoms with E-state index in [1.807, 2.05) is 0 Å². The predicted molar refractivity (Wildman–Crippen MR) is 103 cm³/mol. The molecule has 0 aromatic carbocycles. The zero-order valence-corrected chi connectivity index (χ0v) is 17.1. The molecule has 28 heavy (non-hydrogen) atoms. The number of hydrogen-bond donors (Lipinski definition) is 1. The van der Waals surface area contributed by atoms with Crippen LogP contribution in [-0.2, 0) is 19.0 Å². The number of methoxy groups -OCH3 is 1. The van der Waals surface area contributed by atoms with Gasteiger partial charge in [-0.1, -0.05) is 31.8 Å². The highest BCUT2D eigenvalue weighted by molar-refractivity contribution is 6.36. The highest BCUT2D eigenvalue weighted by Crippen LogP contribution is 2.49. The van der Waals surface area contributed by atoms with Crippen LogP contribution in [0.1, 0.15) is 46.5 Å².